The van der Waals surface area contributed by atoms with Gasteiger partial charge in [-0.2, -0.15) is 0 Å². The predicted molar refractivity (Wildman–Crippen MR) is 66.4 cm³/mol. The molecule has 0 radical (unpaired) electrons. The van der Waals surface area contributed by atoms with E-state index >= 15 is 0 Å². The fourth-order valence-electron chi connectivity index (χ4n) is 2.84. The largest absolute Gasteiger partial charge is 0.394 e. The molecule has 0 amide bonds. The molecule has 1 unspecified atom stereocenters. The zero-order valence-corrected chi connectivity index (χ0v) is 10.7. The number of nitrogens with zero attached hydrogens (tertiary/aromatic N) is 1. The third kappa shape index (κ3) is 2.96. The summed E-state index contributed by atoms with van der Waals surface area (Å²) in [5.41, 5.74) is -0.0294. The highest BCUT2D eigenvalue weighted by Crippen LogP contribution is 2.40. The summed E-state index contributed by atoms with van der Waals surface area (Å²) in [5.74, 6) is 1.63. The molecule has 2 saturated carbocycles. The minimum Gasteiger partial charge on any atom is -0.394 e. The molecular weight excluding hydrogens is 200 g/mol. The molecule has 2 rings (SSSR count). The van der Waals surface area contributed by atoms with Crippen LogP contribution in [-0.4, -0.2) is 48.8 Å². The first-order valence-corrected chi connectivity index (χ1v) is 6.74. The maximum absolute atomic E-state index is 9.73. The third-order valence-electron chi connectivity index (χ3n) is 3.99. The van der Waals surface area contributed by atoms with Gasteiger partial charge >= 0.3 is 0 Å². The number of hydrogen-bond acceptors (Lipinski definition) is 3. The first kappa shape index (κ1) is 12.3. The number of hydrogen-bond donors (Lipinski definition) is 2. The van der Waals surface area contributed by atoms with Crippen LogP contribution in [0.2, 0.25) is 0 Å². The third-order valence-corrected chi connectivity index (χ3v) is 3.99. The van der Waals surface area contributed by atoms with Gasteiger partial charge in [-0.3, -0.25) is 0 Å². The Labute approximate surface area is 99.2 Å². The lowest BCUT2D eigenvalue weighted by Gasteiger charge is -2.37. The van der Waals surface area contributed by atoms with E-state index in [1.165, 1.54) is 32.2 Å². The van der Waals surface area contributed by atoms with Gasteiger partial charge in [0.15, 0.2) is 0 Å². The Morgan fingerprint density at radius 1 is 1.31 bits per heavy atom. The molecule has 2 aliphatic rings. The molecule has 2 N–H and O–H groups in total. The van der Waals surface area contributed by atoms with Crippen LogP contribution in [0.4, 0.5) is 0 Å². The number of nitrogens with one attached hydrogen (secondary N) is 1. The van der Waals surface area contributed by atoms with E-state index in [2.05, 4.69) is 24.2 Å². The van der Waals surface area contributed by atoms with E-state index in [1.807, 2.05) is 0 Å². The van der Waals surface area contributed by atoms with Crippen molar-refractivity contribution in [1.82, 2.24) is 10.2 Å². The molecule has 0 heterocycles. The highest BCUT2D eigenvalue weighted by atomic mass is 16.3. The average Bonchev–Trinajstić information content (AvgIpc) is 3.09. The lowest BCUT2D eigenvalue weighted by molar-refractivity contribution is 0.101. The molecule has 0 aromatic rings. The fourth-order valence-corrected chi connectivity index (χ4v) is 2.84. The van der Waals surface area contributed by atoms with Gasteiger partial charge in [-0.1, -0.05) is 6.92 Å². The molecule has 0 saturated heterocycles. The maximum Gasteiger partial charge on any atom is 0.0628 e. The van der Waals surface area contributed by atoms with Gasteiger partial charge in [-0.15, -0.1) is 0 Å². The lowest BCUT2D eigenvalue weighted by atomic mass is 9.93. The molecule has 0 bridgehead atoms. The van der Waals surface area contributed by atoms with Crippen LogP contribution in [0.25, 0.3) is 0 Å². The maximum atomic E-state index is 9.73. The first-order valence-electron chi connectivity index (χ1n) is 6.74. The molecule has 2 aliphatic carbocycles. The second-order valence-corrected chi connectivity index (χ2v) is 5.76. The van der Waals surface area contributed by atoms with Crippen LogP contribution in [-0.2, 0) is 0 Å². The second kappa shape index (κ2) is 5.03. The van der Waals surface area contributed by atoms with Gasteiger partial charge in [0, 0.05) is 13.1 Å². The highest BCUT2D eigenvalue weighted by molar-refractivity contribution is 5.02. The Hall–Kier alpha value is -0.120. The van der Waals surface area contributed by atoms with E-state index < -0.39 is 0 Å². The number of likely N-dealkylation sites (N-methyl/N-ethyl adjacent to an activating group) is 2. The van der Waals surface area contributed by atoms with E-state index in [9.17, 15) is 5.11 Å². The van der Waals surface area contributed by atoms with Gasteiger partial charge in [0.2, 0.25) is 0 Å². The zero-order valence-electron chi connectivity index (χ0n) is 10.7. The normalized spacial score (nSPS) is 24.8. The molecule has 0 aromatic carbocycles. The van der Waals surface area contributed by atoms with E-state index in [0.717, 1.165) is 19.0 Å². The van der Waals surface area contributed by atoms with Crippen LogP contribution in [0, 0.1) is 11.8 Å². The van der Waals surface area contributed by atoms with Crippen molar-refractivity contribution in [2.75, 3.05) is 33.3 Å². The molecule has 94 valence electrons. The van der Waals surface area contributed by atoms with Crippen LogP contribution in [0.1, 0.15) is 32.6 Å². The standard InChI is InChI=1S/C13H26N2O/c1-3-14-13(10-16,12-6-7-12)9-15(2)8-11-4-5-11/h11-12,14,16H,3-10H2,1-2H3. The zero-order chi connectivity index (χ0) is 11.6. The molecule has 0 aromatic heterocycles. The summed E-state index contributed by atoms with van der Waals surface area (Å²) in [6.07, 6.45) is 5.37. The molecule has 3 nitrogen and oxygen atoms in total. The number of aliphatic hydroxyl groups is 1. The van der Waals surface area contributed by atoms with Crippen molar-refractivity contribution in [2.24, 2.45) is 11.8 Å². The van der Waals surface area contributed by atoms with Gasteiger partial charge in [0.1, 0.15) is 0 Å². The van der Waals surface area contributed by atoms with Gasteiger partial charge in [0.05, 0.1) is 12.1 Å². The van der Waals surface area contributed by atoms with E-state index in [-0.39, 0.29) is 12.1 Å². The first-order chi connectivity index (χ1) is 7.70. The molecule has 16 heavy (non-hydrogen) atoms. The van der Waals surface area contributed by atoms with Gasteiger partial charge < -0.3 is 15.3 Å². The summed E-state index contributed by atoms with van der Waals surface area (Å²) in [5, 5.41) is 13.3. The summed E-state index contributed by atoms with van der Waals surface area (Å²) < 4.78 is 0. The Morgan fingerprint density at radius 3 is 2.44 bits per heavy atom. The van der Waals surface area contributed by atoms with Crippen LogP contribution in [0.3, 0.4) is 0 Å². The van der Waals surface area contributed by atoms with Gasteiger partial charge in [-0.25, -0.2) is 0 Å². The Bertz CT molecular complexity index is 226. The van der Waals surface area contributed by atoms with Crippen molar-refractivity contribution >= 4 is 0 Å². The Kier molecular flexibility index (Phi) is 3.88. The monoisotopic (exact) mass is 226 g/mol. The van der Waals surface area contributed by atoms with E-state index in [0.29, 0.717) is 5.92 Å². The average molecular weight is 226 g/mol. The minimum absolute atomic E-state index is 0.0294. The van der Waals surface area contributed by atoms with Crippen LogP contribution < -0.4 is 5.32 Å². The summed E-state index contributed by atoms with van der Waals surface area (Å²) in [7, 11) is 2.20. The second-order valence-electron chi connectivity index (χ2n) is 5.76. The van der Waals surface area contributed by atoms with Crippen molar-refractivity contribution in [2.45, 2.75) is 38.1 Å². The van der Waals surface area contributed by atoms with Crippen LogP contribution >= 0.6 is 0 Å². The topological polar surface area (TPSA) is 35.5 Å². The fraction of sp³-hybridized carbons (Fsp3) is 1.00. The molecule has 1 atom stereocenters. The summed E-state index contributed by atoms with van der Waals surface area (Å²) >= 11 is 0. The summed E-state index contributed by atoms with van der Waals surface area (Å²) in [6, 6.07) is 0. The lowest BCUT2D eigenvalue weighted by Crippen LogP contribution is -2.57. The molecule has 2 fully saturated rings. The van der Waals surface area contributed by atoms with Crippen molar-refractivity contribution < 1.29 is 5.11 Å². The van der Waals surface area contributed by atoms with Crippen molar-refractivity contribution in [3.05, 3.63) is 0 Å². The van der Waals surface area contributed by atoms with E-state index in [4.69, 9.17) is 0 Å². The van der Waals surface area contributed by atoms with Crippen LogP contribution in [0.5, 0.6) is 0 Å². The number of rotatable bonds is 8. The van der Waals surface area contributed by atoms with Crippen LogP contribution in [0.15, 0.2) is 0 Å². The minimum atomic E-state index is -0.0294. The smallest absolute Gasteiger partial charge is 0.0628 e. The van der Waals surface area contributed by atoms with Crippen molar-refractivity contribution in [3.63, 3.8) is 0 Å². The highest BCUT2D eigenvalue weighted by Gasteiger charge is 2.45. The van der Waals surface area contributed by atoms with E-state index in [1.54, 1.807) is 0 Å². The quantitative estimate of drug-likeness (QED) is 0.650. The molecule has 0 spiro atoms. The van der Waals surface area contributed by atoms with Gasteiger partial charge in [0.25, 0.3) is 0 Å². The Balaban J connectivity index is 1.88. The Morgan fingerprint density at radius 2 is 2.00 bits per heavy atom. The summed E-state index contributed by atoms with van der Waals surface area (Å²) in [4.78, 5) is 2.41. The van der Waals surface area contributed by atoms with Gasteiger partial charge in [-0.05, 0) is 51.1 Å². The number of aliphatic hydroxyl groups excluding tert-OH is 1. The summed E-state index contributed by atoms with van der Waals surface area (Å²) in [6.45, 7) is 5.57. The van der Waals surface area contributed by atoms with Crippen molar-refractivity contribution in [1.29, 1.82) is 0 Å². The van der Waals surface area contributed by atoms with Crippen molar-refractivity contribution in [3.8, 4) is 0 Å². The molecular formula is C13H26N2O. The molecule has 3 heteroatoms. The predicted octanol–water partition coefficient (Wildman–Crippen LogP) is 1.08. The molecule has 0 aliphatic heterocycles. The SMILES string of the molecule is CCNC(CO)(CN(C)CC1CC1)C1CC1.